The van der Waals surface area contributed by atoms with E-state index in [4.69, 9.17) is 16.3 Å². The van der Waals surface area contributed by atoms with Crippen LogP contribution >= 0.6 is 11.6 Å². The van der Waals surface area contributed by atoms with Crippen LogP contribution in [0.3, 0.4) is 0 Å². The van der Waals surface area contributed by atoms with Crippen LogP contribution in [0.4, 0.5) is 11.4 Å². The fourth-order valence-corrected chi connectivity index (χ4v) is 7.58. The van der Waals surface area contributed by atoms with E-state index in [1.807, 2.05) is 22.9 Å². The number of halogens is 1. The van der Waals surface area contributed by atoms with Crippen LogP contribution in [0.25, 0.3) is 5.57 Å². The van der Waals surface area contributed by atoms with Gasteiger partial charge in [0.1, 0.15) is 12.3 Å². The number of hydrogen-bond acceptors (Lipinski definition) is 9. The number of anilines is 1. The van der Waals surface area contributed by atoms with Crippen molar-refractivity contribution < 1.29 is 22.9 Å². The van der Waals surface area contributed by atoms with Crippen molar-refractivity contribution >= 4 is 44.5 Å². The van der Waals surface area contributed by atoms with Crippen LogP contribution in [0.1, 0.15) is 54.7 Å². The van der Waals surface area contributed by atoms with Gasteiger partial charge in [0, 0.05) is 49.5 Å². The van der Waals surface area contributed by atoms with Crippen molar-refractivity contribution in [3.63, 3.8) is 0 Å². The molecule has 266 valence electrons. The Bertz CT molecular complexity index is 2030. The van der Waals surface area contributed by atoms with Gasteiger partial charge in [-0.25, -0.2) is 18.1 Å². The van der Waals surface area contributed by atoms with E-state index in [-0.39, 0.29) is 28.5 Å². The van der Waals surface area contributed by atoms with Gasteiger partial charge in [0.25, 0.3) is 21.8 Å². The van der Waals surface area contributed by atoms with Gasteiger partial charge < -0.3 is 9.64 Å². The maximum absolute atomic E-state index is 13.2. The molecule has 1 aromatic heterocycles. The van der Waals surface area contributed by atoms with Crippen molar-refractivity contribution in [2.45, 2.75) is 44.6 Å². The summed E-state index contributed by atoms with van der Waals surface area (Å²) in [6, 6.07) is 25.7. The average molecular weight is 730 g/mol. The normalized spacial score (nSPS) is 16.5. The molecule has 1 fully saturated rings. The summed E-state index contributed by atoms with van der Waals surface area (Å²) in [6.07, 6.45) is 3.26. The number of pyridine rings is 1. The van der Waals surface area contributed by atoms with Gasteiger partial charge in [0.05, 0.1) is 9.82 Å². The minimum absolute atomic E-state index is 0.0265. The van der Waals surface area contributed by atoms with Gasteiger partial charge in [-0.1, -0.05) is 73.5 Å². The number of piperazine rings is 1. The number of nitro groups is 1. The molecule has 1 aliphatic carbocycles. The topological polar surface area (TPSA) is 135 Å². The molecule has 51 heavy (non-hydrogen) atoms. The van der Waals surface area contributed by atoms with E-state index >= 15 is 0 Å². The summed E-state index contributed by atoms with van der Waals surface area (Å²) in [7, 11) is -4.27. The van der Waals surface area contributed by atoms with E-state index < -0.39 is 26.5 Å². The molecule has 2 aliphatic rings. The molecule has 0 spiro atoms. The molecule has 1 aliphatic heterocycles. The number of hydrogen-bond donors (Lipinski definition) is 1. The molecule has 13 heteroatoms. The zero-order valence-corrected chi connectivity index (χ0v) is 30.1. The molecular formula is C38H40ClN5O6S. The van der Waals surface area contributed by atoms with Crippen molar-refractivity contribution in [1.82, 2.24) is 14.6 Å². The molecule has 1 saturated heterocycles. The number of carbonyl (C=O) groups is 1. The van der Waals surface area contributed by atoms with Gasteiger partial charge in [-0.15, -0.1) is 0 Å². The third-order valence-corrected chi connectivity index (χ3v) is 11.0. The first-order valence-corrected chi connectivity index (χ1v) is 18.7. The van der Waals surface area contributed by atoms with E-state index in [9.17, 15) is 23.3 Å². The Morgan fingerprint density at radius 2 is 1.65 bits per heavy atom. The fourth-order valence-electron chi connectivity index (χ4n) is 6.50. The van der Waals surface area contributed by atoms with Crippen LogP contribution in [-0.4, -0.2) is 61.9 Å². The van der Waals surface area contributed by atoms with Gasteiger partial charge in [-0.05, 0) is 83.8 Å². The Morgan fingerprint density at radius 1 is 0.961 bits per heavy atom. The second kappa shape index (κ2) is 15.2. The summed E-state index contributed by atoms with van der Waals surface area (Å²) in [5, 5.41) is 12.3. The second-order valence-electron chi connectivity index (χ2n) is 13.7. The highest BCUT2D eigenvalue weighted by atomic mass is 35.5. The molecule has 3 aromatic carbocycles. The van der Waals surface area contributed by atoms with Crippen molar-refractivity contribution in [3.05, 3.63) is 129 Å². The molecule has 1 amide bonds. The van der Waals surface area contributed by atoms with Crippen molar-refractivity contribution in [2.24, 2.45) is 5.41 Å². The average Bonchev–Trinajstić information content (AvgIpc) is 3.12. The van der Waals surface area contributed by atoms with Gasteiger partial charge in [-0.3, -0.25) is 19.8 Å². The highest BCUT2D eigenvalue weighted by Gasteiger charge is 2.30. The number of sulfonamides is 1. The van der Waals surface area contributed by atoms with E-state index in [2.05, 4.69) is 40.8 Å². The lowest BCUT2D eigenvalue weighted by Gasteiger charge is -2.39. The maximum Gasteiger partial charge on any atom is 0.331 e. The Labute approximate surface area is 303 Å². The van der Waals surface area contributed by atoms with E-state index in [0.717, 1.165) is 80.4 Å². The van der Waals surface area contributed by atoms with Gasteiger partial charge in [0.2, 0.25) is 0 Å². The molecule has 0 unspecified atom stereocenters. The number of carbonyl (C=O) groups excluding carboxylic acids is 1. The summed E-state index contributed by atoms with van der Waals surface area (Å²) < 4.78 is 33.9. The Morgan fingerprint density at radius 3 is 2.31 bits per heavy atom. The quantitative estimate of drug-likeness (QED) is 0.126. The van der Waals surface area contributed by atoms with Crippen molar-refractivity contribution in [3.8, 4) is 5.88 Å². The number of aromatic nitrogens is 1. The smallest absolute Gasteiger partial charge is 0.331 e. The first kappa shape index (κ1) is 36.0. The van der Waals surface area contributed by atoms with Crippen LogP contribution < -0.4 is 14.4 Å². The molecule has 1 N–H and O–H groups in total. The number of nitrogens with zero attached hydrogens (tertiary/aromatic N) is 4. The molecule has 4 aromatic rings. The first-order valence-electron chi connectivity index (χ1n) is 16.8. The van der Waals surface area contributed by atoms with Gasteiger partial charge >= 0.3 is 5.69 Å². The van der Waals surface area contributed by atoms with E-state index in [0.29, 0.717) is 0 Å². The van der Waals surface area contributed by atoms with Crippen molar-refractivity contribution in [1.29, 1.82) is 0 Å². The summed E-state index contributed by atoms with van der Waals surface area (Å²) in [5.74, 6) is -1.43. The molecule has 6 rings (SSSR count). The lowest BCUT2D eigenvalue weighted by molar-refractivity contribution is -0.386. The molecule has 0 atom stereocenters. The summed E-state index contributed by atoms with van der Waals surface area (Å²) in [6.45, 7) is 8.88. The monoisotopic (exact) mass is 729 g/mol. The summed E-state index contributed by atoms with van der Waals surface area (Å²) >= 11 is 6.18. The van der Waals surface area contributed by atoms with Crippen LogP contribution in [0, 0.1) is 15.5 Å². The lowest BCUT2D eigenvalue weighted by Crippen LogP contribution is -2.47. The second-order valence-corrected chi connectivity index (χ2v) is 15.8. The number of nitrogens with one attached hydrogen (secondary N) is 1. The van der Waals surface area contributed by atoms with E-state index in [1.54, 1.807) is 36.4 Å². The highest BCUT2D eigenvalue weighted by molar-refractivity contribution is 7.90. The fraction of sp³-hybridized carbons (Fsp3) is 0.316. The number of benzene rings is 3. The molecule has 2 heterocycles. The standard InChI is InChI=1S/C38H40ClN5O6S/c1-38(2)19-18-29(33(24-38)28-8-10-30(39)11-9-28)25-42-20-22-43(23-21-42)31-12-14-32(15-13-31)51(48,49)41-36(45)34-16-17-35(44(46)47)37(40-34)50-26-27-6-4-3-5-7-27/h3-17H,18-26H2,1-2H3,(H,41,45). The number of rotatable bonds is 11. The molecule has 0 saturated carbocycles. The third-order valence-electron chi connectivity index (χ3n) is 9.39. The Hall–Kier alpha value is -4.78. The first-order chi connectivity index (χ1) is 24.4. The SMILES string of the molecule is CC1(C)CCC(CN2CCN(c3ccc(S(=O)(=O)NC(=O)c4ccc([N+](=O)[O-])c(OCc5ccccc5)n4)cc3)CC2)=C(c2ccc(Cl)cc2)C1. The molecule has 0 bridgehead atoms. The minimum atomic E-state index is -4.27. The zero-order chi connectivity index (χ0) is 36.2. The Balaban J connectivity index is 1.07. The number of amides is 1. The van der Waals surface area contributed by atoms with Crippen LogP contribution in [-0.2, 0) is 16.6 Å². The maximum atomic E-state index is 13.2. The van der Waals surface area contributed by atoms with Crippen molar-refractivity contribution in [2.75, 3.05) is 37.6 Å². The predicted molar refractivity (Wildman–Crippen MR) is 197 cm³/mol. The lowest BCUT2D eigenvalue weighted by atomic mass is 9.72. The molecular weight excluding hydrogens is 690 g/mol. The minimum Gasteiger partial charge on any atom is -0.468 e. The predicted octanol–water partition coefficient (Wildman–Crippen LogP) is 7.13. The summed E-state index contributed by atoms with van der Waals surface area (Å²) in [5.41, 5.74) is 5.25. The molecule has 11 nitrogen and oxygen atoms in total. The van der Waals surface area contributed by atoms with Crippen LogP contribution in [0.15, 0.2) is 101 Å². The van der Waals surface area contributed by atoms with Crippen LogP contribution in [0.5, 0.6) is 5.88 Å². The number of ether oxygens (including phenoxy) is 1. The highest BCUT2D eigenvalue weighted by Crippen LogP contribution is 2.43. The third kappa shape index (κ3) is 8.94. The zero-order valence-electron chi connectivity index (χ0n) is 28.5. The number of allylic oxidation sites excluding steroid dienone is 1. The summed E-state index contributed by atoms with van der Waals surface area (Å²) in [4.78, 5) is 32.4. The molecule has 0 radical (unpaired) electrons. The van der Waals surface area contributed by atoms with Crippen LogP contribution in [0.2, 0.25) is 5.02 Å². The Kier molecular flexibility index (Phi) is 10.8. The van der Waals surface area contributed by atoms with E-state index in [1.165, 1.54) is 28.8 Å². The van der Waals surface area contributed by atoms with Gasteiger partial charge in [-0.2, -0.15) is 0 Å². The largest absolute Gasteiger partial charge is 0.468 e. The van der Waals surface area contributed by atoms with Gasteiger partial charge in [0.15, 0.2) is 0 Å².